The Kier molecular flexibility index (Phi) is 7.17. The molecular weight excluding hydrogens is 432 g/mol. The van der Waals surface area contributed by atoms with Gasteiger partial charge < -0.3 is 18.9 Å². The number of hydrogen-bond acceptors (Lipinski definition) is 5. The Hall–Kier alpha value is -3.39. The summed E-state index contributed by atoms with van der Waals surface area (Å²) < 4.78 is 13.1. The first kappa shape index (κ1) is 23.8. The maximum atomic E-state index is 13.2. The van der Waals surface area contributed by atoms with Crippen LogP contribution in [-0.4, -0.2) is 64.9 Å². The summed E-state index contributed by atoms with van der Waals surface area (Å²) in [6, 6.07) is 13.4. The second-order valence-electron chi connectivity index (χ2n) is 9.33. The first-order valence-electron chi connectivity index (χ1n) is 11.7. The summed E-state index contributed by atoms with van der Waals surface area (Å²) in [6.45, 7) is 8.96. The van der Waals surface area contributed by atoms with E-state index in [1.54, 1.807) is 11.1 Å². The molecule has 2 amide bonds. The van der Waals surface area contributed by atoms with Crippen LogP contribution in [0, 0.1) is 0 Å². The normalized spacial score (nSPS) is 14.3. The van der Waals surface area contributed by atoms with Crippen molar-refractivity contribution in [2.45, 2.75) is 39.3 Å². The van der Waals surface area contributed by atoms with Crippen molar-refractivity contribution in [1.29, 1.82) is 0 Å². The summed E-state index contributed by atoms with van der Waals surface area (Å²) in [5.74, 6) is -0.0228. The van der Waals surface area contributed by atoms with Gasteiger partial charge in [-0.2, -0.15) is 0 Å². The Labute approximate surface area is 200 Å². The number of aryl methyl sites for hydroxylation is 1. The van der Waals surface area contributed by atoms with Crippen LogP contribution in [0.5, 0.6) is 0 Å². The highest BCUT2D eigenvalue weighted by Crippen LogP contribution is 2.23. The molecule has 0 aliphatic carbocycles. The molecule has 3 aromatic rings. The van der Waals surface area contributed by atoms with Gasteiger partial charge in [-0.3, -0.25) is 14.7 Å². The highest BCUT2D eigenvalue weighted by Gasteiger charge is 2.25. The summed E-state index contributed by atoms with van der Waals surface area (Å²) in [4.78, 5) is 34.0. The molecule has 1 fully saturated rings. The van der Waals surface area contributed by atoms with Crippen molar-refractivity contribution in [1.82, 2.24) is 14.5 Å². The maximum absolute atomic E-state index is 13.2. The molecular formula is C26H32N4O4. The number of ether oxygens (including phenoxy) is 2. The largest absolute Gasteiger partial charge is 0.443 e. The molecule has 0 bridgehead atoms. The highest BCUT2D eigenvalue weighted by atomic mass is 16.6. The van der Waals surface area contributed by atoms with Gasteiger partial charge in [-0.05, 0) is 51.5 Å². The van der Waals surface area contributed by atoms with Gasteiger partial charge in [0.25, 0.3) is 5.91 Å². The lowest BCUT2D eigenvalue weighted by Gasteiger charge is -2.27. The molecule has 0 spiro atoms. The molecule has 1 aliphatic heterocycles. The van der Waals surface area contributed by atoms with Gasteiger partial charge in [-0.1, -0.05) is 18.2 Å². The number of benzene rings is 1. The topological polar surface area (TPSA) is 76.9 Å². The molecule has 0 radical (unpaired) electrons. The van der Waals surface area contributed by atoms with E-state index < -0.39 is 5.60 Å². The summed E-state index contributed by atoms with van der Waals surface area (Å²) >= 11 is 0. The molecule has 0 atom stereocenters. The molecule has 3 heterocycles. The zero-order valence-corrected chi connectivity index (χ0v) is 20.1. The van der Waals surface area contributed by atoms with E-state index in [1.807, 2.05) is 78.9 Å². The van der Waals surface area contributed by atoms with Gasteiger partial charge >= 0.3 is 6.09 Å². The standard InChI is InChI=1S/C26H32N4O4/c1-26(2,3)34-25(32)30(20-9-5-4-6-10-20)14-8-13-29-19-21(23-22(29)11-7-12-27-23)24(31)28-15-17-33-18-16-28/h4-7,9-12,19H,8,13-18H2,1-3H3. The van der Waals surface area contributed by atoms with Crippen LogP contribution in [0.15, 0.2) is 54.9 Å². The van der Waals surface area contributed by atoms with Crippen molar-refractivity contribution < 1.29 is 19.1 Å². The number of amides is 2. The third-order valence-corrected chi connectivity index (χ3v) is 5.63. The summed E-state index contributed by atoms with van der Waals surface area (Å²) in [5, 5.41) is 0. The fourth-order valence-electron chi connectivity index (χ4n) is 4.05. The second-order valence-corrected chi connectivity index (χ2v) is 9.33. The van der Waals surface area contributed by atoms with Crippen molar-refractivity contribution in [2.75, 3.05) is 37.7 Å². The van der Waals surface area contributed by atoms with Gasteiger partial charge in [0.05, 0.1) is 24.3 Å². The van der Waals surface area contributed by atoms with Crippen LogP contribution in [0.1, 0.15) is 37.6 Å². The van der Waals surface area contributed by atoms with E-state index in [9.17, 15) is 9.59 Å². The predicted octanol–water partition coefficient (Wildman–Crippen LogP) is 4.34. The number of morpholine rings is 1. The first-order valence-corrected chi connectivity index (χ1v) is 11.7. The number of anilines is 1. The number of fused-ring (bicyclic) bond motifs is 1. The molecule has 1 aliphatic rings. The fraction of sp³-hybridized carbons (Fsp3) is 0.423. The molecule has 34 heavy (non-hydrogen) atoms. The number of hydrogen-bond donors (Lipinski definition) is 0. The van der Waals surface area contributed by atoms with Crippen LogP contribution < -0.4 is 4.90 Å². The van der Waals surface area contributed by atoms with Crippen LogP contribution in [0.4, 0.5) is 10.5 Å². The van der Waals surface area contributed by atoms with Gasteiger partial charge in [0, 0.05) is 44.3 Å². The van der Waals surface area contributed by atoms with Crippen molar-refractivity contribution in [2.24, 2.45) is 0 Å². The predicted molar refractivity (Wildman–Crippen MR) is 131 cm³/mol. The SMILES string of the molecule is CC(C)(C)OC(=O)N(CCCn1cc(C(=O)N2CCOCC2)c2ncccc21)c1ccccc1. The monoisotopic (exact) mass is 464 g/mol. The van der Waals surface area contributed by atoms with Gasteiger partial charge in [-0.15, -0.1) is 0 Å². The van der Waals surface area contributed by atoms with E-state index in [1.165, 1.54) is 0 Å². The average Bonchev–Trinajstić information content (AvgIpc) is 3.20. The number of carbonyl (C=O) groups excluding carboxylic acids is 2. The highest BCUT2D eigenvalue weighted by molar-refractivity contribution is 6.05. The molecule has 8 heteroatoms. The van der Waals surface area contributed by atoms with Gasteiger partial charge in [0.1, 0.15) is 11.1 Å². The Morgan fingerprint density at radius 1 is 1.09 bits per heavy atom. The van der Waals surface area contributed by atoms with E-state index in [0.717, 1.165) is 11.2 Å². The number of carbonyl (C=O) groups is 2. The van der Waals surface area contributed by atoms with Gasteiger partial charge in [0.15, 0.2) is 0 Å². The maximum Gasteiger partial charge on any atom is 0.414 e. The zero-order valence-electron chi connectivity index (χ0n) is 20.1. The minimum absolute atomic E-state index is 0.0228. The number of nitrogens with zero attached hydrogens (tertiary/aromatic N) is 4. The lowest BCUT2D eigenvalue weighted by molar-refractivity contribution is 0.0304. The van der Waals surface area contributed by atoms with Crippen LogP contribution in [-0.2, 0) is 16.0 Å². The zero-order chi connectivity index (χ0) is 24.1. The van der Waals surface area contributed by atoms with E-state index in [4.69, 9.17) is 9.47 Å². The van der Waals surface area contributed by atoms with Crippen LogP contribution in [0.3, 0.4) is 0 Å². The lowest BCUT2D eigenvalue weighted by atomic mass is 10.2. The van der Waals surface area contributed by atoms with Crippen molar-refractivity contribution in [3.8, 4) is 0 Å². The Morgan fingerprint density at radius 2 is 1.82 bits per heavy atom. The molecule has 0 N–H and O–H groups in total. The Morgan fingerprint density at radius 3 is 2.53 bits per heavy atom. The van der Waals surface area contributed by atoms with Gasteiger partial charge in [-0.25, -0.2) is 4.79 Å². The smallest absolute Gasteiger partial charge is 0.414 e. The van der Waals surface area contributed by atoms with Crippen molar-refractivity contribution >= 4 is 28.7 Å². The first-order chi connectivity index (χ1) is 16.3. The molecule has 4 rings (SSSR count). The minimum atomic E-state index is -0.582. The van der Waals surface area contributed by atoms with E-state index in [-0.39, 0.29) is 12.0 Å². The van der Waals surface area contributed by atoms with Crippen molar-refractivity contribution in [3.05, 3.63) is 60.4 Å². The molecule has 180 valence electrons. The van der Waals surface area contributed by atoms with E-state index >= 15 is 0 Å². The Bertz CT molecular complexity index is 1130. The number of rotatable bonds is 6. The minimum Gasteiger partial charge on any atom is -0.443 e. The van der Waals surface area contributed by atoms with Gasteiger partial charge in [0.2, 0.25) is 0 Å². The molecule has 1 saturated heterocycles. The summed E-state index contributed by atoms with van der Waals surface area (Å²) in [5.41, 5.74) is 2.42. The van der Waals surface area contributed by atoms with E-state index in [2.05, 4.69) is 4.98 Å². The Balaban J connectivity index is 1.52. The second kappa shape index (κ2) is 10.3. The third-order valence-electron chi connectivity index (χ3n) is 5.63. The summed E-state index contributed by atoms with van der Waals surface area (Å²) in [6.07, 6.45) is 3.90. The van der Waals surface area contributed by atoms with Crippen molar-refractivity contribution in [3.63, 3.8) is 0 Å². The third kappa shape index (κ3) is 5.56. The van der Waals surface area contributed by atoms with E-state index in [0.29, 0.717) is 56.9 Å². The molecule has 1 aromatic carbocycles. The lowest BCUT2D eigenvalue weighted by Crippen LogP contribution is -2.40. The molecule has 2 aromatic heterocycles. The number of pyridine rings is 1. The van der Waals surface area contributed by atoms with Crippen LogP contribution in [0.25, 0.3) is 11.0 Å². The summed E-state index contributed by atoms with van der Waals surface area (Å²) in [7, 11) is 0. The number of para-hydroxylation sites is 1. The number of aromatic nitrogens is 2. The van der Waals surface area contributed by atoms with Crippen LogP contribution >= 0.6 is 0 Å². The quantitative estimate of drug-likeness (QED) is 0.542. The fourth-order valence-corrected chi connectivity index (χ4v) is 4.05. The molecule has 0 saturated carbocycles. The average molecular weight is 465 g/mol. The molecule has 0 unspecified atom stereocenters. The molecule has 8 nitrogen and oxygen atoms in total. The van der Waals surface area contributed by atoms with Crippen LogP contribution in [0.2, 0.25) is 0 Å².